The Morgan fingerprint density at radius 2 is 1.69 bits per heavy atom. The molecule has 4 rings (SSSR count). The summed E-state index contributed by atoms with van der Waals surface area (Å²) in [5, 5.41) is 12.2. The van der Waals surface area contributed by atoms with Crippen LogP contribution in [0.1, 0.15) is 92.4 Å². The zero-order chi connectivity index (χ0) is 21.5. The van der Waals surface area contributed by atoms with Crippen LogP contribution in [-0.4, -0.2) is 30.9 Å². The van der Waals surface area contributed by atoms with E-state index in [0.717, 1.165) is 57.8 Å². The molecule has 0 saturated heterocycles. The smallest absolute Gasteiger partial charge is 0.192 e. The van der Waals surface area contributed by atoms with Gasteiger partial charge in [-0.15, -0.1) is 0 Å². The third-order valence-electron chi connectivity index (χ3n) is 10.8. The van der Waals surface area contributed by atoms with E-state index in [4.69, 9.17) is 4.43 Å². The van der Waals surface area contributed by atoms with Crippen LogP contribution < -0.4 is 0 Å². The number of rotatable bonds is 2. The first-order chi connectivity index (χ1) is 13.3. The first kappa shape index (κ1) is 22.0. The van der Waals surface area contributed by atoms with Crippen LogP contribution in [0.25, 0.3) is 0 Å². The topological polar surface area (TPSA) is 46.5 Å². The molecule has 0 aromatic rings. The van der Waals surface area contributed by atoms with Crippen molar-refractivity contribution in [3.8, 4) is 0 Å². The fourth-order valence-corrected chi connectivity index (χ4v) is 9.18. The lowest BCUT2D eigenvalue weighted by molar-refractivity contribution is -0.238. The van der Waals surface area contributed by atoms with E-state index in [9.17, 15) is 9.90 Å². The van der Waals surface area contributed by atoms with Crippen LogP contribution in [0.3, 0.4) is 0 Å². The predicted molar refractivity (Wildman–Crippen MR) is 120 cm³/mol. The average Bonchev–Trinajstić information content (AvgIpc) is 2.91. The van der Waals surface area contributed by atoms with Crippen molar-refractivity contribution in [2.24, 2.45) is 28.6 Å². The Morgan fingerprint density at radius 3 is 2.34 bits per heavy atom. The zero-order valence-electron chi connectivity index (χ0n) is 19.9. The average molecular weight is 421 g/mol. The Morgan fingerprint density at radius 1 is 1.00 bits per heavy atom. The molecule has 4 aliphatic rings. The number of ketones is 1. The molecular formula is C25H44O3Si. The monoisotopic (exact) mass is 420 g/mol. The van der Waals surface area contributed by atoms with Gasteiger partial charge in [-0.05, 0) is 87.3 Å². The zero-order valence-corrected chi connectivity index (χ0v) is 20.9. The van der Waals surface area contributed by atoms with Gasteiger partial charge in [-0.3, -0.25) is 4.79 Å². The molecule has 7 atom stereocenters. The third kappa shape index (κ3) is 2.98. The van der Waals surface area contributed by atoms with Gasteiger partial charge in [0.1, 0.15) is 5.78 Å². The number of carbonyl (C=O) groups excluding carboxylic acids is 1. The molecule has 166 valence electrons. The molecular weight excluding hydrogens is 376 g/mol. The number of Topliss-reactive ketones (excluding diaryl/α,β-unsaturated/α-hetero) is 1. The number of hydrogen-bond donors (Lipinski definition) is 1. The Kier molecular flexibility index (Phi) is 5.05. The molecule has 0 spiro atoms. The largest absolute Gasteiger partial charge is 0.413 e. The van der Waals surface area contributed by atoms with Crippen molar-refractivity contribution in [1.29, 1.82) is 0 Å². The third-order valence-corrected chi connectivity index (χ3v) is 15.3. The molecule has 0 radical (unpaired) electrons. The van der Waals surface area contributed by atoms with E-state index in [1.165, 1.54) is 0 Å². The summed E-state index contributed by atoms with van der Waals surface area (Å²) in [7, 11) is -1.92. The molecule has 4 aliphatic carbocycles. The highest BCUT2D eigenvalue weighted by atomic mass is 28.4. The maximum absolute atomic E-state index is 12.7. The maximum atomic E-state index is 12.7. The number of fused-ring (bicyclic) bond motifs is 5. The summed E-state index contributed by atoms with van der Waals surface area (Å²) in [6, 6.07) is 0. The molecule has 1 N–H and O–H groups in total. The molecule has 0 aromatic heterocycles. The van der Waals surface area contributed by atoms with Crippen LogP contribution in [0.5, 0.6) is 0 Å². The maximum Gasteiger partial charge on any atom is 0.192 e. The summed E-state index contributed by atoms with van der Waals surface area (Å²) in [4.78, 5) is 12.7. The van der Waals surface area contributed by atoms with Gasteiger partial charge in [0.2, 0.25) is 0 Å². The predicted octanol–water partition coefficient (Wildman–Crippen LogP) is 6.10. The second kappa shape index (κ2) is 6.65. The van der Waals surface area contributed by atoms with Gasteiger partial charge in [-0.1, -0.05) is 34.6 Å². The van der Waals surface area contributed by atoms with Gasteiger partial charge < -0.3 is 9.53 Å². The van der Waals surface area contributed by atoms with Crippen molar-refractivity contribution in [2.45, 2.75) is 122 Å². The van der Waals surface area contributed by atoms with E-state index in [0.29, 0.717) is 23.5 Å². The van der Waals surface area contributed by atoms with Gasteiger partial charge in [0.05, 0.1) is 11.7 Å². The number of hydrogen-bond acceptors (Lipinski definition) is 3. The normalized spacial score (nSPS) is 48.1. The van der Waals surface area contributed by atoms with E-state index in [1.54, 1.807) is 0 Å². The highest BCUT2D eigenvalue weighted by Gasteiger charge is 2.67. The molecule has 1 unspecified atom stereocenters. The van der Waals surface area contributed by atoms with Crippen LogP contribution in [0.4, 0.5) is 0 Å². The minimum atomic E-state index is -1.92. The van der Waals surface area contributed by atoms with Crippen molar-refractivity contribution >= 4 is 14.1 Å². The summed E-state index contributed by atoms with van der Waals surface area (Å²) >= 11 is 0. The van der Waals surface area contributed by atoms with E-state index in [-0.39, 0.29) is 22.0 Å². The molecule has 0 bridgehead atoms. The standard InChI is InChI=1S/C25H44O3Si/c1-22(2,3)29(6,7)28-21-9-8-14-25(27)16-12-17-18-10-11-20(26)23(18,4)15-13-19(17)24(21,25)5/h17-19,21,27H,8-16H2,1-7H3/t17-,18-,19-,21?,23-,24-,25+/m0/s1. The van der Waals surface area contributed by atoms with Gasteiger partial charge >= 0.3 is 0 Å². The van der Waals surface area contributed by atoms with Crippen LogP contribution in [-0.2, 0) is 9.22 Å². The van der Waals surface area contributed by atoms with Gasteiger partial charge in [-0.25, -0.2) is 0 Å². The Bertz CT molecular complexity index is 682. The van der Waals surface area contributed by atoms with Crippen LogP contribution in [0.2, 0.25) is 18.1 Å². The molecule has 4 heteroatoms. The van der Waals surface area contributed by atoms with Gasteiger partial charge in [-0.2, -0.15) is 0 Å². The van der Waals surface area contributed by atoms with Crippen molar-refractivity contribution in [3.63, 3.8) is 0 Å². The molecule has 29 heavy (non-hydrogen) atoms. The van der Waals surface area contributed by atoms with Gasteiger partial charge in [0.15, 0.2) is 8.32 Å². The van der Waals surface area contributed by atoms with Crippen molar-refractivity contribution in [3.05, 3.63) is 0 Å². The van der Waals surface area contributed by atoms with Gasteiger partial charge in [0, 0.05) is 17.3 Å². The van der Waals surface area contributed by atoms with E-state index in [2.05, 4.69) is 47.7 Å². The number of carbonyl (C=O) groups is 1. The lowest BCUT2D eigenvalue weighted by Gasteiger charge is -2.65. The summed E-state index contributed by atoms with van der Waals surface area (Å²) in [5.41, 5.74) is -0.885. The summed E-state index contributed by atoms with van der Waals surface area (Å²) in [6.07, 6.45) is 9.14. The SMILES string of the molecule is CC(C)(C)[Si](C)(C)OC1CCC[C@@]2(O)CC[C@H]3[C@@H]4CCC(=O)[C@@]4(C)CC[C@@H]3[C@@]12C. The van der Waals surface area contributed by atoms with Crippen LogP contribution in [0, 0.1) is 28.6 Å². The van der Waals surface area contributed by atoms with Crippen molar-refractivity contribution < 1.29 is 14.3 Å². The van der Waals surface area contributed by atoms with E-state index in [1.807, 2.05) is 0 Å². The molecule has 4 saturated carbocycles. The van der Waals surface area contributed by atoms with Crippen molar-refractivity contribution in [2.75, 3.05) is 0 Å². The second-order valence-electron chi connectivity index (χ2n) is 12.9. The molecule has 0 heterocycles. The second-order valence-corrected chi connectivity index (χ2v) is 17.7. The minimum absolute atomic E-state index is 0.0998. The number of aliphatic hydroxyl groups is 1. The minimum Gasteiger partial charge on any atom is -0.413 e. The first-order valence-corrected chi connectivity index (χ1v) is 15.1. The quantitative estimate of drug-likeness (QED) is 0.549. The summed E-state index contributed by atoms with van der Waals surface area (Å²) in [5.74, 6) is 2.09. The lowest BCUT2D eigenvalue weighted by atomic mass is 9.43. The van der Waals surface area contributed by atoms with Crippen LogP contribution >= 0.6 is 0 Å². The highest BCUT2D eigenvalue weighted by Crippen LogP contribution is 2.67. The molecule has 4 fully saturated rings. The fourth-order valence-electron chi connectivity index (χ4n) is 7.75. The Balaban J connectivity index is 1.70. The van der Waals surface area contributed by atoms with Gasteiger partial charge in [0.25, 0.3) is 0 Å². The van der Waals surface area contributed by atoms with Crippen molar-refractivity contribution in [1.82, 2.24) is 0 Å². The Hall–Kier alpha value is -0.193. The lowest BCUT2D eigenvalue weighted by Crippen LogP contribution is -2.67. The fraction of sp³-hybridized carbons (Fsp3) is 0.960. The molecule has 0 aromatic carbocycles. The van der Waals surface area contributed by atoms with E-state index >= 15 is 0 Å². The van der Waals surface area contributed by atoms with E-state index < -0.39 is 13.9 Å². The Labute approximate surface area is 179 Å². The molecule has 3 nitrogen and oxygen atoms in total. The van der Waals surface area contributed by atoms with Crippen LogP contribution in [0.15, 0.2) is 0 Å². The summed E-state index contributed by atoms with van der Waals surface area (Å²) in [6.45, 7) is 16.3. The molecule has 0 aliphatic heterocycles. The first-order valence-electron chi connectivity index (χ1n) is 12.2. The molecule has 0 amide bonds. The summed E-state index contributed by atoms with van der Waals surface area (Å²) < 4.78 is 7.10. The highest BCUT2D eigenvalue weighted by molar-refractivity contribution is 6.74.